The second kappa shape index (κ2) is 19.4. The van der Waals surface area contributed by atoms with Crippen LogP contribution >= 0.6 is 0 Å². The molecular formula is C40H50N2O10S. The zero-order chi connectivity index (χ0) is 37.8. The second-order valence-corrected chi connectivity index (χ2v) is 14.6. The number of hydrogen-bond acceptors (Lipinski definition) is 10. The summed E-state index contributed by atoms with van der Waals surface area (Å²) >= 11 is 0. The van der Waals surface area contributed by atoms with Crippen molar-refractivity contribution < 1.29 is 47.1 Å². The Morgan fingerprint density at radius 1 is 0.547 bits per heavy atom. The molecule has 4 atom stereocenters. The summed E-state index contributed by atoms with van der Waals surface area (Å²) in [4.78, 5) is 0. The van der Waals surface area contributed by atoms with Crippen molar-refractivity contribution in [3.8, 4) is 11.5 Å². The number of nitrogens with zero attached hydrogens (tertiary/aromatic N) is 2. The van der Waals surface area contributed by atoms with E-state index < -0.39 is 47.1 Å². The van der Waals surface area contributed by atoms with Crippen molar-refractivity contribution in [3.05, 3.63) is 131 Å². The van der Waals surface area contributed by atoms with Crippen molar-refractivity contribution >= 4 is 10.2 Å². The van der Waals surface area contributed by atoms with E-state index >= 15 is 8.42 Å². The molecule has 0 radical (unpaired) electrons. The fraction of sp³-hybridized carbons (Fsp3) is 0.400. The molecule has 13 heteroatoms. The molecule has 286 valence electrons. The molecule has 5 rings (SSSR count). The maximum atomic E-state index is 15.2. The van der Waals surface area contributed by atoms with Gasteiger partial charge in [-0.1, -0.05) is 84.9 Å². The third-order valence-electron chi connectivity index (χ3n) is 9.31. The van der Waals surface area contributed by atoms with Gasteiger partial charge in [0.05, 0.1) is 12.1 Å². The van der Waals surface area contributed by atoms with Crippen LogP contribution in [0.3, 0.4) is 0 Å². The Morgan fingerprint density at radius 3 is 1.26 bits per heavy atom. The maximum absolute atomic E-state index is 15.2. The Labute approximate surface area is 312 Å². The first kappa shape index (κ1) is 40.3. The highest BCUT2D eigenvalue weighted by atomic mass is 32.2. The summed E-state index contributed by atoms with van der Waals surface area (Å²) in [7, 11) is 1.76. The van der Waals surface area contributed by atoms with E-state index in [-0.39, 0.29) is 26.3 Å². The first-order valence-electron chi connectivity index (χ1n) is 17.4. The molecule has 0 aromatic heterocycles. The number of benzene rings is 4. The SMILES string of the molecule is COC(Cc1cccc(CN2[C@@H](COc3ccccc3)[C@@H](O)[C@H](O)[C@H](COc3ccccc3)N(Cc3cccc(CC(OC)OC)c3)S2(=O)=O)c1)OC. The Hall–Kier alpha value is -3.89. The lowest BCUT2D eigenvalue weighted by Gasteiger charge is -2.34. The van der Waals surface area contributed by atoms with Gasteiger partial charge in [0.1, 0.15) is 36.9 Å². The van der Waals surface area contributed by atoms with Crippen LogP contribution in [0.2, 0.25) is 0 Å². The summed E-state index contributed by atoms with van der Waals surface area (Å²) in [5.41, 5.74) is 3.06. The van der Waals surface area contributed by atoms with Crippen molar-refractivity contribution in [1.82, 2.24) is 8.61 Å². The topological polar surface area (TPSA) is 136 Å². The highest BCUT2D eigenvalue weighted by Crippen LogP contribution is 2.32. The average molecular weight is 751 g/mol. The van der Waals surface area contributed by atoms with E-state index in [1.165, 1.54) is 8.61 Å². The number of aliphatic hydroxyl groups excluding tert-OH is 2. The van der Waals surface area contributed by atoms with Crippen LogP contribution in [-0.4, -0.2) is 106 Å². The molecule has 1 aliphatic heterocycles. The summed E-state index contributed by atoms with van der Waals surface area (Å²) in [5, 5.41) is 24.0. The van der Waals surface area contributed by atoms with Crippen molar-refractivity contribution in [2.24, 2.45) is 0 Å². The first-order valence-corrected chi connectivity index (χ1v) is 18.8. The summed E-state index contributed by atoms with van der Waals surface area (Å²) in [6, 6.07) is 30.4. The molecular weight excluding hydrogens is 701 g/mol. The molecule has 0 saturated carbocycles. The highest BCUT2D eigenvalue weighted by molar-refractivity contribution is 7.86. The second-order valence-electron chi connectivity index (χ2n) is 12.8. The van der Waals surface area contributed by atoms with Crippen LogP contribution in [0.15, 0.2) is 109 Å². The molecule has 1 aliphatic rings. The minimum absolute atomic E-state index is 0.125. The van der Waals surface area contributed by atoms with Crippen LogP contribution in [0.25, 0.3) is 0 Å². The van der Waals surface area contributed by atoms with E-state index in [9.17, 15) is 10.2 Å². The van der Waals surface area contributed by atoms with Gasteiger partial charge in [-0.3, -0.25) is 0 Å². The molecule has 53 heavy (non-hydrogen) atoms. The van der Waals surface area contributed by atoms with Crippen LogP contribution in [0.4, 0.5) is 0 Å². The number of aliphatic hydroxyl groups is 2. The fourth-order valence-corrected chi connectivity index (χ4v) is 8.36. The van der Waals surface area contributed by atoms with Crippen LogP contribution in [-0.2, 0) is 55.1 Å². The normalized spacial score (nSPS) is 20.8. The maximum Gasteiger partial charge on any atom is 0.283 e. The molecule has 0 spiro atoms. The highest BCUT2D eigenvalue weighted by Gasteiger charge is 2.51. The van der Waals surface area contributed by atoms with Gasteiger partial charge in [-0.05, 0) is 46.5 Å². The van der Waals surface area contributed by atoms with Gasteiger partial charge < -0.3 is 38.6 Å². The summed E-state index contributed by atoms with van der Waals surface area (Å²) in [5.74, 6) is 0.983. The predicted molar refractivity (Wildman–Crippen MR) is 199 cm³/mol. The van der Waals surface area contributed by atoms with Crippen LogP contribution in [0.5, 0.6) is 11.5 Å². The molecule has 4 aromatic rings. The van der Waals surface area contributed by atoms with Crippen molar-refractivity contribution in [2.45, 2.75) is 62.8 Å². The summed E-state index contributed by atoms with van der Waals surface area (Å²) in [6.45, 7) is -0.720. The Bertz CT molecular complexity index is 1670. The molecule has 1 heterocycles. The smallest absolute Gasteiger partial charge is 0.283 e. The largest absolute Gasteiger partial charge is 0.492 e. The van der Waals surface area contributed by atoms with Crippen LogP contribution in [0.1, 0.15) is 22.3 Å². The van der Waals surface area contributed by atoms with Crippen LogP contribution < -0.4 is 9.47 Å². The lowest BCUT2D eigenvalue weighted by Crippen LogP contribution is -2.52. The van der Waals surface area contributed by atoms with Crippen molar-refractivity contribution in [3.63, 3.8) is 0 Å². The molecule has 12 nitrogen and oxygen atoms in total. The van der Waals surface area contributed by atoms with Gasteiger partial charge >= 0.3 is 0 Å². The molecule has 0 amide bonds. The molecule has 0 aliphatic carbocycles. The van der Waals surface area contributed by atoms with E-state index in [0.29, 0.717) is 35.5 Å². The molecule has 0 unspecified atom stereocenters. The zero-order valence-corrected chi connectivity index (χ0v) is 31.4. The van der Waals surface area contributed by atoms with Gasteiger partial charge in [-0.15, -0.1) is 0 Å². The average Bonchev–Trinajstić information content (AvgIpc) is 3.23. The molecule has 0 bridgehead atoms. The number of hydrogen-bond donors (Lipinski definition) is 2. The third kappa shape index (κ3) is 10.6. The van der Waals surface area contributed by atoms with Crippen LogP contribution in [0, 0.1) is 0 Å². The van der Waals surface area contributed by atoms with E-state index in [1.807, 2.05) is 60.7 Å². The zero-order valence-electron chi connectivity index (χ0n) is 30.6. The van der Waals surface area contributed by atoms with E-state index in [1.54, 1.807) is 77.0 Å². The van der Waals surface area contributed by atoms with Gasteiger partial charge in [0.25, 0.3) is 10.2 Å². The minimum Gasteiger partial charge on any atom is -0.492 e. The molecule has 1 saturated heterocycles. The fourth-order valence-electron chi connectivity index (χ4n) is 6.41. The third-order valence-corrected chi connectivity index (χ3v) is 11.3. The Kier molecular flexibility index (Phi) is 14.8. The number of methoxy groups -OCH3 is 4. The van der Waals surface area contributed by atoms with Gasteiger partial charge in [0.15, 0.2) is 12.6 Å². The van der Waals surface area contributed by atoms with Crippen molar-refractivity contribution in [1.29, 1.82) is 0 Å². The minimum atomic E-state index is -4.47. The first-order chi connectivity index (χ1) is 25.7. The monoisotopic (exact) mass is 750 g/mol. The molecule has 1 fully saturated rings. The lowest BCUT2D eigenvalue weighted by molar-refractivity contribution is -0.100. The van der Waals surface area contributed by atoms with Gasteiger partial charge in [-0.25, -0.2) is 0 Å². The van der Waals surface area contributed by atoms with E-state index in [2.05, 4.69) is 0 Å². The molecule has 4 aromatic carbocycles. The summed E-state index contributed by atoms with van der Waals surface area (Å²) < 4.78 is 66.7. The number of ether oxygens (including phenoxy) is 6. The van der Waals surface area contributed by atoms with Gasteiger partial charge in [0.2, 0.25) is 0 Å². The standard InChI is InChI=1S/C40H50N2O10S/c1-47-37(48-2)23-29-13-11-15-31(21-29)25-41-35(27-51-33-17-7-5-8-18-33)39(43)40(44)36(28-52-34-19-9-6-10-20-34)42(53(41,45)46)26-32-16-12-14-30(22-32)24-38(49-3)50-4/h5-22,35-40,43-44H,23-28H2,1-4H3/t35-,36-,39+,40+/m0/s1. The van der Waals surface area contributed by atoms with Gasteiger partial charge in [0, 0.05) is 54.4 Å². The van der Waals surface area contributed by atoms with E-state index in [4.69, 9.17) is 28.4 Å². The Morgan fingerprint density at radius 2 is 0.906 bits per heavy atom. The van der Waals surface area contributed by atoms with Gasteiger partial charge in [-0.2, -0.15) is 17.0 Å². The lowest BCUT2D eigenvalue weighted by atomic mass is 9.98. The molecule has 2 N–H and O–H groups in total. The van der Waals surface area contributed by atoms with Crippen molar-refractivity contribution in [2.75, 3.05) is 41.7 Å². The quantitative estimate of drug-likeness (QED) is 0.143. The number of rotatable bonds is 18. The predicted octanol–water partition coefficient (Wildman–Crippen LogP) is 4.19. The number of para-hydroxylation sites is 2. The Balaban J connectivity index is 1.57. The summed E-state index contributed by atoms with van der Waals surface area (Å²) in [6.07, 6.45) is -3.24. The van der Waals surface area contributed by atoms with E-state index in [0.717, 1.165) is 11.1 Å².